The maximum absolute atomic E-state index is 3.69. The van der Waals surface area contributed by atoms with Crippen LogP contribution >= 0.6 is 0 Å². The lowest BCUT2D eigenvalue weighted by molar-refractivity contribution is 0.412. The highest BCUT2D eigenvalue weighted by molar-refractivity contribution is 6.08. The van der Waals surface area contributed by atoms with Gasteiger partial charge in [-0.15, -0.1) is 0 Å². The second-order valence-corrected chi connectivity index (χ2v) is 7.35. The smallest absolute Gasteiger partial charge is 0.0491 e. The SMILES string of the molecule is c1ccc2c(c1)c1cc(C3CCCCN3)ccc1n2CC1CC1. The van der Waals surface area contributed by atoms with Crippen molar-refractivity contribution in [1.29, 1.82) is 0 Å². The largest absolute Gasteiger partial charge is 0.340 e. The van der Waals surface area contributed by atoms with E-state index in [1.807, 2.05) is 0 Å². The molecule has 2 nitrogen and oxygen atoms in total. The zero-order valence-corrected chi connectivity index (χ0v) is 13.6. The van der Waals surface area contributed by atoms with E-state index in [1.54, 1.807) is 0 Å². The van der Waals surface area contributed by atoms with Gasteiger partial charge in [-0.1, -0.05) is 30.7 Å². The maximum atomic E-state index is 3.69. The van der Waals surface area contributed by atoms with Crippen molar-refractivity contribution in [3.63, 3.8) is 0 Å². The molecule has 2 aliphatic rings. The summed E-state index contributed by atoms with van der Waals surface area (Å²) in [5.41, 5.74) is 4.28. The molecule has 2 heterocycles. The van der Waals surface area contributed by atoms with Crippen LogP contribution in [0.3, 0.4) is 0 Å². The fraction of sp³-hybridized carbons (Fsp3) is 0.429. The standard InChI is InChI=1S/C21H24N2/c1-2-7-20-17(5-1)18-13-16(19-6-3-4-12-22-19)10-11-21(18)23(20)14-15-8-9-15/h1-2,5,7,10-11,13,15,19,22H,3-4,6,8-9,12,14H2. The van der Waals surface area contributed by atoms with Crippen molar-refractivity contribution in [3.8, 4) is 0 Å². The van der Waals surface area contributed by atoms with Gasteiger partial charge in [0.05, 0.1) is 0 Å². The van der Waals surface area contributed by atoms with Crippen molar-refractivity contribution in [2.45, 2.75) is 44.7 Å². The fourth-order valence-corrected chi connectivity index (χ4v) is 4.18. The first-order chi connectivity index (χ1) is 11.4. The average molecular weight is 304 g/mol. The van der Waals surface area contributed by atoms with Crippen LogP contribution in [0.25, 0.3) is 21.8 Å². The Morgan fingerprint density at radius 1 is 0.913 bits per heavy atom. The Morgan fingerprint density at radius 3 is 2.61 bits per heavy atom. The van der Waals surface area contributed by atoms with Gasteiger partial charge in [-0.2, -0.15) is 0 Å². The van der Waals surface area contributed by atoms with Crippen molar-refractivity contribution in [2.24, 2.45) is 5.92 Å². The molecule has 1 saturated carbocycles. The Bertz CT molecular complexity index is 851. The Kier molecular flexibility index (Phi) is 3.19. The maximum Gasteiger partial charge on any atom is 0.0491 e. The number of hydrogen-bond donors (Lipinski definition) is 1. The van der Waals surface area contributed by atoms with Crippen molar-refractivity contribution in [2.75, 3.05) is 6.54 Å². The molecule has 0 amide bonds. The molecule has 1 aliphatic heterocycles. The van der Waals surface area contributed by atoms with Gasteiger partial charge in [0.1, 0.15) is 0 Å². The normalized spacial score (nSPS) is 22.0. The third kappa shape index (κ3) is 2.36. The number of nitrogens with zero attached hydrogens (tertiary/aromatic N) is 1. The zero-order valence-electron chi connectivity index (χ0n) is 13.6. The molecular formula is C21H24N2. The van der Waals surface area contributed by atoms with E-state index >= 15 is 0 Å². The molecule has 3 aromatic rings. The lowest BCUT2D eigenvalue weighted by atomic mass is 9.96. The van der Waals surface area contributed by atoms with Crippen LogP contribution in [0.1, 0.15) is 43.7 Å². The number of fused-ring (bicyclic) bond motifs is 3. The molecule has 23 heavy (non-hydrogen) atoms. The number of aromatic nitrogens is 1. The van der Waals surface area contributed by atoms with Crippen molar-refractivity contribution in [1.82, 2.24) is 9.88 Å². The van der Waals surface area contributed by atoms with Crippen LogP contribution in [0.4, 0.5) is 0 Å². The van der Waals surface area contributed by atoms with Crippen LogP contribution in [-0.4, -0.2) is 11.1 Å². The van der Waals surface area contributed by atoms with Crippen LogP contribution < -0.4 is 5.32 Å². The van der Waals surface area contributed by atoms with Gasteiger partial charge >= 0.3 is 0 Å². The molecule has 5 rings (SSSR count). The van der Waals surface area contributed by atoms with Gasteiger partial charge in [-0.25, -0.2) is 0 Å². The molecule has 1 unspecified atom stereocenters. The predicted molar refractivity (Wildman–Crippen MR) is 96.8 cm³/mol. The van der Waals surface area contributed by atoms with Crippen LogP contribution in [0.15, 0.2) is 42.5 Å². The second-order valence-electron chi connectivity index (χ2n) is 7.35. The number of piperidine rings is 1. The summed E-state index contributed by atoms with van der Waals surface area (Å²) in [5.74, 6) is 0.897. The van der Waals surface area contributed by atoms with Gasteiger partial charge in [0, 0.05) is 34.4 Å². The number of hydrogen-bond acceptors (Lipinski definition) is 1. The Labute approximate surface area is 137 Å². The molecule has 1 aromatic heterocycles. The quantitative estimate of drug-likeness (QED) is 0.719. The lowest BCUT2D eigenvalue weighted by Gasteiger charge is -2.24. The van der Waals surface area contributed by atoms with Crippen LogP contribution in [0.2, 0.25) is 0 Å². The first kappa shape index (κ1) is 13.6. The molecule has 0 radical (unpaired) electrons. The summed E-state index contributed by atoms with van der Waals surface area (Å²) in [6, 6.07) is 16.6. The van der Waals surface area contributed by atoms with Crippen molar-refractivity contribution < 1.29 is 0 Å². The number of benzene rings is 2. The van der Waals surface area contributed by atoms with Gasteiger partial charge in [0.15, 0.2) is 0 Å². The third-order valence-electron chi connectivity index (χ3n) is 5.65. The summed E-state index contributed by atoms with van der Waals surface area (Å²) in [6.45, 7) is 2.34. The highest BCUT2D eigenvalue weighted by atomic mass is 15.0. The van der Waals surface area contributed by atoms with Crippen molar-refractivity contribution in [3.05, 3.63) is 48.0 Å². The Hall–Kier alpha value is -1.80. The number of rotatable bonds is 3. The Morgan fingerprint density at radius 2 is 1.78 bits per heavy atom. The molecule has 2 heteroatoms. The molecule has 1 aliphatic carbocycles. The minimum absolute atomic E-state index is 0.540. The van der Waals surface area contributed by atoms with E-state index in [9.17, 15) is 0 Å². The van der Waals surface area contributed by atoms with Gasteiger partial charge in [-0.3, -0.25) is 0 Å². The molecule has 118 valence electrons. The average Bonchev–Trinajstić information content (AvgIpc) is 3.39. The highest BCUT2D eigenvalue weighted by Gasteiger charge is 2.24. The van der Waals surface area contributed by atoms with Gasteiger partial charge in [-0.05, 0) is 61.9 Å². The van der Waals surface area contributed by atoms with E-state index in [1.165, 1.54) is 66.0 Å². The van der Waals surface area contributed by atoms with Gasteiger partial charge < -0.3 is 9.88 Å². The van der Waals surface area contributed by atoms with Crippen LogP contribution in [-0.2, 0) is 6.54 Å². The molecule has 2 fully saturated rings. The van der Waals surface area contributed by atoms with Crippen LogP contribution in [0.5, 0.6) is 0 Å². The third-order valence-corrected chi connectivity index (χ3v) is 5.65. The second kappa shape index (κ2) is 5.38. The molecule has 2 aromatic carbocycles. The Balaban J connectivity index is 1.67. The first-order valence-electron chi connectivity index (χ1n) is 9.14. The molecule has 0 spiro atoms. The number of nitrogens with one attached hydrogen (secondary N) is 1. The van der Waals surface area contributed by atoms with Gasteiger partial charge in [0.2, 0.25) is 0 Å². The molecule has 1 saturated heterocycles. The van der Waals surface area contributed by atoms with E-state index in [4.69, 9.17) is 0 Å². The van der Waals surface area contributed by atoms with E-state index in [0.717, 1.165) is 12.5 Å². The molecule has 1 N–H and O–H groups in total. The number of para-hydroxylation sites is 1. The van der Waals surface area contributed by atoms with E-state index in [2.05, 4.69) is 52.3 Å². The molecule has 1 atom stereocenters. The minimum atomic E-state index is 0.540. The topological polar surface area (TPSA) is 17.0 Å². The van der Waals surface area contributed by atoms with E-state index in [0.29, 0.717) is 6.04 Å². The monoisotopic (exact) mass is 304 g/mol. The van der Waals surface area contributed by atoms with Crippen LogP contribution in [0, 0.1) is 5.92 Å². The molecular weight excluding hydrogens is 280 g/mol. The summed E-state index contributed by atoms with van der Waals surface area (Å²) >= 11 is 0. The van der Waals surface area contributed by atoms with E-state index in [-0.39, 0.29) is 0 Å². The zero-order chi connectivity index (χ0) is 15.2. The fourth-order valence-electron chi connectivity index (χ4n) is 4.18. The highest BCUT2D eigenvalue weighted by Crippen LogP contribution is 2.37. The predicted octanol–water partition coefficient (Wildman–Crippen LogP) is 5.02. The van der Waals surface area contributed by atoms with Crippen molar-refractivity contribution >= 4 is 21.8 Å². The summed E-state index contributed by atoms with van der Waals surface area (Å²) in [6.07, 6.45) is 6.74. The summed E-state index contributed by atoms with van der Waals surface area (Å²) in [5, 5.41) is 6.54. The van der Waals surface area contributed by atoms with Gasteiger partial charge in [0.25, 0.3) is 0 Å². The minimum Gasteiger partial charge on any atom is -0.340 e. The molecule has 0 bridgehead atoms. The first-order valence-corrected chi connectivity index (χ1v) is 9.14. The van der Waals surface area contributed by atoms with E-state index < -0.39 is 0 Å². The summed E-state index contributed by atoms with van der Waals surface area (Å²) in [7, 11) is 0. The summed E-state index contributed by atoms with van der Waals surface area (Å²) in [4.78, 5) is 0. The summed E-state index contributed by atoms with van der Waals surface area (Å²) < 4.78 is 2.56. The lowest BCUT2D eigenvalue weighted by Crippen LogP contribution is -2.26.